The van der Waals surface area contributed by atoms with Crippen molar-refractivity contribution in [3.8, 4) is 0 Å². The summed E-state index contributed by atoms with van der Waals surface area (Å²) in [6.07, 6.45) is 0. The van der Waals surface area contributed by atoms with E-state index in [0.717, 1.165) is 25.0 Å². The molecular weight excluding hydrogens is 358 g/mol. The zero-order valence-electron chi connectivity index (χ0n) is 11.2. The molecule has 0 N–H and O–H groups in total. The fourth-order valence-electron chi connectivity index (χ4n) is 1.60. The second kappa shape index (κ2) is 7.24. The van der Waals surface area contributed by atoms with Crippen LogP contribution in [0, 0.1) is 6.92 Å². The standard InChI is InChI=1S/C14H14BrNO2S2/c1-3-18-14(17)13-9(2)20-12(16-13)8-19-11-7-5-4-6-10(11)15/h4-7H,3,8H2,1-2H3. The SMILES string of the molecule is CCOC(=O)c1nc(CSc2ccccc2Br)sc1C. The van der Waals surface area contributed by atoms with Crippen molar-refractivity contribution in [2.45, 2.75) is 24.5 Å². The number of hydrogen-bond acceptors (Lipinski definition) is 5. The van der Waals surface area contributed by atoms with Crippen LogP contribution in [0.4, 0.5) is 0 Å². The molecule has 0 aliphatic rings. The third kappa shape index (κ3) is 3.84. The average Bonchev–Trinajstić information content (AvgIpc) is 2.79. The Morgan fingerprint density at radius 3 is 2.90 bits per heavy atom. The lowest BCUT2D eigenvalue weighted by Gasteiger charge is -2.01. The molecule has 20 heavy (non-hydrogen) atoms. The maximum atomic E-state index is 11.7. The number of rotatable bonds is 5. The van der Waals surface area contributed by atoms with Crippen LogP contribution in [0.2, 0.25) is 0 Å². The van der Waals surface area contributed by atoms with Gasteiger partial charge in [-0.25, -0.2) is 9.78 Å². The van der Waals surface area contributed by atoms with Gasteiger partial charge in [0.25, 0.3) is 0 Å². The minimum Gasteiger partial charge on any atom is -0.461 e. The number of halogens is 1. The summed E-state index contributed by atoms with van der Waals surface area (Å²) in [6.45, 7) is 4.07. The Kier molecular flexibility index (Phi) is 5.63. The van der Waals surface area contributed by atoms with E-state index in [1.165, 1.54) is 0 Å². The molecule has 3 nitrogen and oxygen atoms in total. The number of nitrogens with zero attached hydrogens (tertiary/aromatic N) is 1. The van der Waals surface area contributed by atoms with Crippen LogP contribution in [0.5, 0.6) is 0 Å². The average molecular weight is 372 g/mol. The number of aromatic nitrogens is 1. The lowest BCUT2D eigenvalue weighted by Crippen LogP contribution is -2.06. The normalized spacial score (nSPS) is 10.6. The number of esters is 1. The Bertz CT molecular complexity index is 613. The van der Waals surface area contributed by atoms with Gasteiger partial charge in [-0.05, 0) is 41.9 Å². The zero-order chi connectivity index (χ0) is 14.5. The molecule has 0 atom stereocenters. The van der Waals surface area contributed by atoms with Gasteiger partial charge in [0.1, 0.15) is 5.01 Å². The van der Waals surface area contributed by atoms with Gasteiger partial charge in [-0.1, -0.05) is 12.1 Å². The Morgan fingerprint density at radius 2 is 2.20 bits per heavy atom. The van der Waals surface area contributed by atoms with Crippen molar-refractivity contribution < 1.29 is 9.53 Å². The van der Waals surface area contributed by atoms with Crippen LogP contribution in [0.1, 0.15) is 27.3 Å². The molecule has 0 unspecified atom stereocenters. The summed E-state index contributed by atoms with van der Waals surface area (Å²) in [6, 6.07) is 8.06. The van der Waals surface area contributed by atoms with E-state index in [1.807, 2.05) is 25.1 Å². The van der Waals surface area contributed by atoms with Gasteiger partial charge in [0, 0.05) is 14.2 Å². The lowest BCUT2D eigenvalue weighted by atomic mass is 10.4. The molecule has 0 amide bonds. The van der Waals surface area contributed by atoms with Crippen molar-refractivity contribution in [3.05, 3.63) is 44.3 Å². The van der Waals surface area contributed by atoms with Gasteiger partial charge in [-0.2, -0.15) is 0 Å². The molecule has 1 heterocycles. The second-order valence-corrected chi connectivity index (χ2v) is 7.11. The third-order valence-electron chi connectivity index (χ3n) is 2.50. The summed E-state index contributed by atoms with van der Waals surface area (Å²) in [7, 11) is 0. The first-order valence-corrected chi connectivity index (χ1v) is 8.72. The maximum Gasteiger partial charge on any atom is 0.358 e. The summed E-state index contributed by atoms with van der Waals surface area (Å²) in [4.78, 5) is 18.2. The molecular formula is C14H14BrNO2S2. The van der Waals surface area contributed by atoms with Crippen LogP contribution in [-0.4, -0.2) is 17.6 Å². The molecule has 0 aliphatic carbocycles. The van der Waals surface area contributed by atoms with E-state index in [1.54, 1.807) is 30.0 Å². The second-order valence-electron chi connectivity index (χ2n) is 3.95. The van der Waals surface area contributed by atoms with Crippen LogP contribution in [-0.2, 0) is 10.5 Å². The number of thioether (sulfide) groups is 1. The van der Waals surface area contributed by atoms with Crippen molar-refractivity contribution in [3.63, 3.8) is 0 Å². The highest BCUT2D eigenvalue weighted by Gasteiger charge is 2.16. The lowest BCUT2D eigenvalue weighted by molar-refractivity contribution is 0.0519. The molecule has 6 heteroatoms. The van der Waals surface area contributed by atoms with Crippen molar-refractivity contribution in [1.29, 1.82) is 0 Å². The van der Waals surface area contributed by atoms with Crippen molar-refractivity contribution >= 4 is 45.0 Å². The van der Waals surface area contributed by atoms with Crippen LogP contribution >= 0.6 is 39.0 Å². The van der Waals surface area contributed by atoms with Crippen LogP contribution in [0.3, 0.4) is 0 Å². The van der Waals surface area contributed by atoms with Gasteiger partial charge in [-0.15, -0.1) is 23.1 Å². The van der Waals surface area contributed by atoms with Gasteiger partial charge in [0.2, 0.25) is 0 Å². The number of carbonyl (C=O) groups is 1. The van der Waals surface area contributed by atoms with Gasteiger partial charge in [-0.3, -0.25) is 0 Å². The molecule has 2 rings (SSSR count). The summed E-state index contributed by atoms with van der Waals surface area (Å²) in [5.41, 5.74) is 0.444. The Balaban J connectivity index is 2.06. The van der Waals surface area contributed by atoms with E-state index in [2.05, 4.69) is 27.0 Å². The summed E-state index contributed by atoms with van der Waals surface area (Å²) >= 11 is 6.76. The van der Waals surface area contributed by atoms with Gasteiger partial charge in [0.15, 0.2) is 5.69 Å². The van der Waals surface area contributed by atoms with Crippen LogP contribution in [0.25, 0.3) is 0 Å². The first-order chi connectivity index (χ1) is 9.61. The summed E-state index contributed by atoms with van der Waals surface area (Å²) < 4.78 is 6.07. The highest BCUT2D eigenvalue weighted by atomic mass is 79.9. The summed E-state index contributed by atoms with van der Waals surface area (Å²) in [5, 5.41) is 0.936. The van der Waals surface area contributed by atoms with Crippen LogP contribution < -0.4 is 0 Å². The van der Waals surface area contributed by atoms with Crippen molar-refractivity contribution in [2.24, 2.45) is 0 Å². The predicted molar refractivity (Wildman–Crippen MR) is 86.5 cm³/mol. The number of carbonyl (C=O) groups excluding carboxylic acids is 1. The molecule has 0 saturated carbocycles. The first kappa shape index (κ1) is 15.5. The Hall–Kier alpha value is -0.850. The van der Waals surface area contributed by atoms with Crippen LogP contribution in [0.15, 0.2) is 33.6 Å². The number of hydrogen-bond donors (Lipinski definition) is 0. The third-order valence-corrected chi connectivity index (χ3v) is 5.69. The van der Waals surface area contributed by atoms with E-state index in [9.17, 15) is 4.79 Å². The monoisotopic (exact) mass is 371 g/mol. The molecule has 0 spiro atoms. The van der Waals surface area contributed by atoms with Crippen molar-refractivity contribution in [1.82, 2.24) is 4.98 Å². The minimum atomic E-state index is -0.335. The zero-order valence-corrected chi connectivity index (χ0v) is 14.4. The Morgan fingerprint density at radius 1 is 1.45 bits per heavy atom. The molecule has 1 aromatic heterocycles. The minimum absolute atomic E-state index is 0.335. The predicted octanol–water partition coefficient (Wildman–Crippen LogP) is 4.68. The maximum absolute atomic E-state index is 11.7. The van der Waals surface area contributed by atoms with E-state index < -0.39 is 0 Å². The quantitative estimate of drug-likeness (QED) is 0.564. The first-order valence-electron chi connectivity index (χ1n) is 6.12. The number of aryl methyl sites for hydroxylation is 1. The molecule has 0 radical (unpaired) electrons. The fourth-order valence-corrected chi connectivity index (χ4v) is 4.08. The van der Waals surface area contributed by atoms with Gasteiger partial charge < -0.3 is 4.74 Å². The van der Waals surface area contributed by atoms with Crippen molar-refractivity contribution in [2.75, 3.05) is 6.61 Å². The number of benzene rings is 1. The summed E-state index contributed by atoms with van der Waals surface area (Å²) in [5.74, 6) is 0.409. The highest BCUT2D eigenvalue weighted by molar-refractivity contribution is 9.10. The number of ether oxygens (including phenoxy) is 1. The molecule has 0 fully saturated rings. The van der Waals surface area contributed by atoms with E-state index in [4.69, 9.17) is 4.74 Å². The largest absolute Gasteiger partial charge is 0.461 e. The highest BCUT2D eigenvalue weighted by Crippen LogP contribution is 2.31. The fraction of sp³-hybridized carbons (Fsp3) is 0.286. The van der Waals surface area contributed by atoms with Gasteiger partial charge >= 0.3 is 5.97 Å². The van der Waals surface area contributed by atoms with Gasteiger partial charge in [0.05, 0.1) is 12.4 Å². The molecule has 0 bridgehead atoms. The molecule has 1 aromatic carbocycles. The van der Waals surface area contributed by atoms with E-state index >= 15 is 0 Å². The van der Waals surface area contributed by atoms with E-state index in [0.29, 0.717) is 12.3 Å². The topological polar surface area (TPSA) is 39.2 Å². The van der Waals surface area contributed by atoms with E-state index in [-0.39, 0.29) is 5.97 Å². The molecule has 2 aromatic rings. The smallest absolute Gasteiger partial charge is 0.358 e. The molecule has 0 saturated heterocycles. The Labute approximate surface area is 134 Å². The number of thiazole rings is 1. The molecule has 0 aliphatic heterocycles. The molecule has 106 valence electrons.